The molecule has 0 saturated heterocycles. The van der Waals surface area contributed by atoms with Crippen molar-refractivity contribution >= 4 is 11.6 Å². The minimum Gasteiger partial charge on any atom is -0.493 e. The van der Waals surface area contributed by atoms with Crippen LogP contribution in [0.4, 0.5) is 0 Å². The Kier molecular flexibility index (Phi) is 2.49. The van der Waals surface area contributed by atoms with Crippen LogP contribution in [0.2, 0.25) is 0 Å². The van der Waals surface area contributed by atoms with Crippen LogP contribution in [0.25, 0.3) is 0 Å². The average Bonchev–Trinajstić information content (AvgIpc) is 2.23. The highest BCUT2D eigenvalue weighted by Crippen LogP contribution is 2.46. The van der Waals surface area contributed by atoms with E-state index in [1.807, 2.05) is 13.8 Å². The predicted molar refractivity (Wildman–Crippen MR) is 59.7 cm³/mol. The molecular weight excluding hydrogens is 204 g/mol. The van der Waals surface area contributed by atoms with Gasteiger partial charge in [0.15, 0.2) is 11.5 Å². The van der Waals surface area contributed by atoms with Gasteiger partial charge in [0.25, 0.3) is 0 Å². The van der Waals surface area contributed by atoms with Crippen molar-refractivity contribution in [2.24, 2.45) is 11.3 Å². The molecule has 2 aliphatic carbocycles. The third kappa shape index (κ3) is 1.42. The Bertz CT molecular complexity index is 417. The van der Waals surface area contributed by atoms with Gasteiger partial charge in [-0.25, -0.2) is 0 Å². The number of carbonyl (C=O) groups is 2. The van der Waals surface area contributed by atoms with Crippen LogP contribution in [0.3, 0.4) is 0 Å². The van der Waals surface area contributed by atoms with Gasteiger partial charge in [0, 0.05) is 17.4 Å². The lowest BCUT2D eigenvalue weighted by Crippen LogP contribution is -2.45. The van der Waals surface area contributed by atoms with E-state index in [0.29, 0.717) is 12.8 Å². The number of methoxy groups -OCH3 is 1. The van der Waals surface area contributed by atoms with Crippen molar-refractivity contribution in [1.82, 2.24) is 0 Å². The van der Waals surface area contributed by atoms with Crippen molar-refractivity contribution in [1.29, 1.82) is 0 Å². The number of ketones is 2. The Labute approximate surface area is 95.2 Å². The van der Waals surface area contributed by atoms with E-state index < -0.39 is 5.41 Å². The quantitative estimate of drug-likeness (QED) is 0.635. The molecule has 0 heterocycles. The predicted octanol–water partition coefficient (Wildman–Crippen LogP) is 2.03. The number of ether oxygens (including phenoxy) is 1. The second-order valence-electron chi connectivity index (χ2n) is 4.88. The number of hydrogen-bond acceptors (Lipinski definition) is 3. The van der Waals surface area contributed by atoms with Gasteiger partial charge < -0.3 is 4.74 Å². The van der Waals surface area contributed by atoms with E-state index in [4.69, 9.17) is 4.74 Å². The number of allylic oxidation sites excluding steroid dienone is 4. The van der Waals surface area contributed by atoms with Gasteiger partial charge in [-0.2, -0.15) is 0 Å². The summed E-state index contributed by atoms with van der Waals surface area (Å²) in [4.78, 5) is 24.1. The highest BCUT2D eigenvalue weighted by Gasteiger charge is 2.50. The zero-order chi connectivity index (χ0) is 11.9. The molecule has 2 aliphatic rings. The second-order valence-corrected chi connectivity index (χ2v) is 4.88. The van der Waals surface area contributed by atoms with Crippen LogP contribution in [0.1, 0.15) is 26.7 Å². The third-order valence-electron chi connectivity index (χ3n) is 3.70. The SMILES string of the molecule is COC1=CC(=O)[C@H]2CC=C(C)C[C@@]2(C)C1=O. The first-order chi connectivity index (χ1) is 7.49. The molecule has 0 fully saturated rings. The molecule has 16 heavy (non-hydrogen) atoms. The van der Waals surface area contributed by atoms with Gasteiger partial charge in [-0.1, -0.05) is 18.6 Å². The van der Waals surface area contributed by atoms with Crippen LogP contribution < -0.4 is 0 Å². The molecule has 0 aromatic carbocycles. The molecule has 0 unspecified atom stereocenters. The fourth-order valence-corrected chi connectivity index (χ4v) is 2.75. The molecule has 0 spiro atoms. The maximum atomic E-state index is 12.2. The lowest BCUT2D eigenvalue weighted by Gasteiger charge is -2.40. The Morgan fingerprint density at radius 1 is 1.44 bits per heavy atom. The van der Waals surface area contributed by atoms with Gasteiger partial charge in [0.1, 0.15) is 0 Å². The molecule has 0 amide bonds. The number of Topliss-reactive ketones (excluding diaryl/α,β-unsaturated/α-hetero) is 1. The number of fused-ring (bicyclic) bond motifs is 1. The average molecular weight is 220 g/mol. The van der Waals surface area contributed by atoms with Crippen molar-refractivity contribution in [2.45, 2.75) is 26.7 Å². The highest BCUT2D eigenvalue weighted by molar-refractivity contribution is 6.11. The topological polar surface area (TPSA) is 43.4 Å². The maximum Gasteiger partial charge on any atom is 0.204 e. The van der Waals surface area contributed by atoms with E-state index in [0.717, 1.165) is 0 Å². The molecule has 0 aromatic heterocycles. The summed E-state index contributed by atoms with van der Waals surface area (Å²) in [7, 11) is 1.44. The summed E-state index contributed by atoms with van der Waals surface area (Å²) in [6.45, 7) is 3.88. The molecule has 3 heteroatoms. The summed E-state index contributed by atoms with van der Waals surface area (Å²) in [5.41, 5.74) is 0.577. The molecule has 86 valence electrons. The fraction of sp³-hybridized carbons (Fsp3) is 0.538. The van der Waals surface area contributed by atoms with Gasteiger partial charge in [-0.3, -0.25) is 9.59 Å². The zero-order valence-electron chi connectivity index (χ0n) is 9.87. The molecule has 2 rings (SSSR count). The highest BCUT2D eigenvalue weighted by atomic mass is 16.5. The van der Waals surface area contributed by atoms with Crippen molar-refractivity contribution in [2.75, 3.05) is 7.11 Å². The summed E-state index contributed by atoms with van der Waals surface area (Å²) in [5, 5.41) is 0. The van der Waals surface area contributed by atoms with Gasteiger partial charge in [0.2, 0.25) is 5.78 Å². The lowest BCUT2D eigenvalue weighted by molar-refractivity contribution is -0.139. The summed E-state index contributed by atoms with van der Waals surface area (Å²) in [5.74, 6) is -0.0178. The minimum absolute atomic E-state index is 0.0164. The first-order valence-electron chi connectivity index (χ1n) is 5.49. The number of hydrogen-bond donors (Lipinski definition) is 0. The van der Waals surface area contributed by atoms with Crippen molar-refractivity contribution in [3.05, 3.63) is 23.5 Å². The Morgan fingerprint density at radius 2 is 2.12 bits per heavy atom. The van der Waals surface area contributed by atoms with E-state index in [9.17, 15) is 9.59 Å². The molecule has 0 aliphatic heterocycles. The van der Waals surface area contributed by atoms with Crippen LogP contribution >= 0.6 is 0 Å². The number of carbonyl (C=O) groups excluding carboxylic acids is 2. The molecular formula is C13H16O3. The van der Waals surface area contributed by atoms with Gasteiger partial charge in [-0.15, -0.1) is 0 Å². The smallest absolute Gasteiger partial charge is 0.204 e. The van der Waals surface area contributed by atoms with E-state index >= 15 is 0 Å². The molecule has 0 N–H and O–H groups in total. The molecule has 0 aromatic rings. The van der Waals surface area contributed by atoms with E-state index in [1.165, 1.54) is 18.8 Å². The standard InChI is InChI=1S/C13H16O3/c1-8-4-5-9-10(14)6-11(16-3)12(15)13(9,2)7-8/h4,6,9H,5,7H2,1-3H3/t9-,13-/m1/s1. The lowest BCUT2D eigenvalue weighted by atomic mass is 9.61. The van der Waals surface area contributed by atoms with Crippen molar-refractivity contribution in [3.8, 4) is 0 Å². The summed E-state index contributed by atoms with van der Waals surface area (Å²) < 4.78 is 4.99. The van der Waals surface area contributed by atoms with E-state index in [2.05, 4.69) is 6.08 Å². The van der Waals surface area contributed by atoms with Crippen molar-refractivity contribution in [3.63, 3.8) is 0 Å². The molecule has 3 nitrogen and oxygen atoms in total. The van der Waals surface area contributed by atoms with Gasteiger partial charge in [0.05, 0.1) is 7.11 Å². The third-order valence-corrected chi connectivity index (χ3v) is 3.70. The fourth-order valence-electron chi connectivity index (χ4n) is 2.75. The maximum absolute atomic E-state index is 12.2. The van der Waals surface area contributed by atoms with Crippen LogP contribution in [-0.4, -0.2) is 18.7 Å². The van der Waals surface area contributed by atoms with Crippen LogP contribution in [0, 0.1) is 11.3 Å². The summed E-state index contributed by atoms with van der Waals surface area (Å²) in [6, 6.07) is 0. The largest absolute Gasteiger partial charge is 0.493 e. The Morgan fingerprint density at radius 3 is 2.75 bits per heavy atom. The van der Waals surface area contributed by atoms with Gasteiger partial charge >= 0.3 is 0 Å². The van der Waals surface area contributed by atoms with E-state index in [1.54, 1.807) is 0 Å². The Hall–Kier alpha value is -1.38. The van der Waals surface area contributed by atoms with Gasteiger partial charge in [-0.05, 0) is 19.8 Å². The van der Waals surface area contributed by atoms with Crippen LogP contribution in [0.15, 0.2) is 23.5 Å². The van der Waals surface area contributed by atoms with E-state index in [-0.39, 0.29) is 23.2 Å². The second kappa shape index (κ2) is 3.58. The monoisotopic (exact) mass is 220 g/mol. The molecule has 0 saturated carbocycles. The van der Waals surface area contributed by atoms with Crippen LogP contribution in [0.5, 0.6) is 0 Å². The molecule has 2 atom stereocenters. The first kappa shape index (κ1) is 11.1. The summed E-state index contributed by atoms with van der Waals surface area (Å²) in [6.07, 6.45) is 4.73. The normalized spacial score (nSPS) is 34.1. The minimum atomic E-state index is -0.601. The number of rotatable bonds is 1. The molecule has 0 bridgehead atoms. The molecule has 0 radical (unpaired) electrons. The summed E-state index contributed by atoms with van der Waals surface area (Å²) >= 11 is 0. The van der Waals surface area contributed by atoms with Crippen molar-refractivity contribution < 1.29 is 14.3 Å². The first-order valence-corrected chi connectivity index (χ1v) is 5.49. The van der Waals surface area contributed by atoms with Crippen LogP contribution in [-0.2, 0) is 14.3 Å². The Balaban J connectivity index is 2.47. The zero-order valence-corrected chi connectivity index (χ0v) is 9.87.